The smallest absolute Gasteiger partial charge is 0.171 e. The number of hydrogen-bond donors (Lipinski definition) is 1. The van der Waals surface area contributed by atoms with Crippen molar-refractivity contribution in [3.05, 3.63) is 10.8 Å². The van der Waals surface area contributed by atoms with E-state index in [1.165, 1.54) is 12.8 Å². The Kier molecular flexibility index (Phi) is 3.64. The van der Waals surface area contributed by atoms with Crippen molar-refractivity contribution in [3.8, 4) is 5.75 Å². The fraction of sp³-hybridized carbons (Fsp3) is 0.700. The van der Waals surface area contributed by atoms with E-state index in [1.807, 2.05) is 4.68 Å². The van der Waals surface area contributed by atoms with Crippen molar-refractivity contribution >= 4 is 15.9 Å². The fourth-order valence-electron chi connectivity index (χ4n) is 1.93. The Morgan fingerprint density at radius 3 is 2.93 bits per heavy atom. The van der Waals surface area contributed by atoms with Gasteiger partial charge in [-0.15, -0.1) is 0 Å². The summed E-state index contributed by atoms with van der Waals surface area (Å²) < 4.78 is 8.10. The second-order valence-electron chi connectivity index (χ2n) is 3.88. The summed E-state index contributed by atoms with van der Waals surface area (Å²) in [6.45, 7) is 3.23. The quantitative estimate of drug-likeness (QED) is 0.911. The summed E-state index contributed by atoms with van der Waals surface area (Å²) in [6.07, 6.45) is 4.22. The van der Waals surface area contributed by atoms with Gasteiger partial charge in [0, 0.05) is 6.54 Å². The lowest BCUT2D eigenvalue weighted by atomic mass is 9.98. The van der Waals surface area contributed by atoms with Gasteiger partial charge in [0.25, 0.3) is 0 Å². The van der Waals surface area contributed by atoms with Crippen LogP contribution in [0.2, 0.25) is 0 Å². The molecule has 2 heterocycles. The Bertz CT molecular complexity index is 320. The number of rotatable bonds is 3. The van der Waals surface area contributed by atoms with Crippen LogP contribution in [0.3, 0.4) is 0 Å². The molecule has 0 aliphatic carbocycles. The van der Waals surface area contributed by atoms with Gasteiger partial charge >= 0.3 is 0 Å². The van der Waals surface area contributed by atoms with Gasteiger partial charge in [-0.05, 0) is 47.8 Å². The van der Waals surface area contributed by atoms with Gasteiger partial charge in [0.15, 0.2) is 5.75 Å². The van der Waals surface area contributed by atoms with Crippen molar-refractivity contribution in [2.45, 2.75) is 19.4 Å². The molecule has 1 aromatic heterocycles. The molecule has 1 aromatic rings. The molecule has 15 heavy (non-hydrogen) atoms. The number of nitrogens with one attached hydrogen (secondary N) is 1. The Morgan fingerprint density at radius 2 is 2.33 bits per heavy atom. The average Bonchev–Trinajstić information content (AvgIpc) is 2.62. The first-order valence-electron chi connectivity index (χ1n) is 5.27. The molecule has 0 unspecified atom stereocenters. The van der Waals surface area contributed by atoms with E-state index in [-0.39, 0.29) is 0 Å². The van der Waals surface area contributed by atoms with Gasteiger partial charge in [-0.1, -0.05) is 0 Å². The summed E-state index contributed by atoms with van der Waals surface area (Å²) in [7, 11) is 1.66. The molecule has 0 atom stereocenters. The van der Waals surface area contributed by atoms with Crippen molar-refractivity contribution in [3.63, 3.8) is 0 Å². The first-order chi connectivity index (χ1) is 7.31. The summed E-state index contributed by atoms with van der Waals surface area (Å²) in [5.74, 6) is 1.54. The van der Waals surface area contributed by atoms with Gasteiger partial charge in [-0.2, -0.15) is 5.10 Å². The zero-order chi connectivity index (χ0) is 10.7. The van der Waals surface area contributed by atoms with E-state index < -0.39 is 0 Å². The van der Waals surface area contributed by atoms with Crippen molar-refractivity contribution in [2.24, 2.45) is 5.92 Å². The van der Waals surface area contributed by atoms with E-state index in [0.717, 1.165) is 35.9 Å². The molecule has 1 fully saturated rings. The molecule has 0 amide bonds. The number of methoxy groups -OCH3 is 1. The van der Waals surface area contributed by atoms with Gasteiger partial charge in [0.1, 0.15) is 4.60 Å². The molecule has 0 bridgehead atoms. The third kappa shape index (κ3) is 2.52. The molecule has 0 radical (unpaired) electrons. The predicted molar refractivity (Wildman–Crippen MR) is 62.1 cm³/mol. The van der Waals surface area contributed by atoms with E-state index in [9.17, 15) is 0 Å². The molecule has 0 saturated carbocycles. The summed E-state index contributed by atoms with van der Waals surface area (Å²) in [4.78, 5) is 0. The van der Waals surface area contributed by atoms with Gasteiger partial charge in [-0.3, -0.25) is 4.68 Å². The summed E-state index contributed by atoms with van der Waals surface area (Å²) >= 11 is 3.50. The van der Waals surface area contributed by atoms with Crippen LogP contribution in [0.4, 0.5) is 0 Å². The Morgan fingerprint density at radius 1 is 1.60 bits per heavy atom. The van der Waals surface area contributed by atoms with Crippen LogP contribution in [-0.4, -0.2) is 30.0 Å². The van der Waals surface area contributed by atoms with Crippen LogP contribution in [0.5, 0.6) is 5.75 Å². The highest BCUT2D eigenvalue weighted by Gasteiger charge is 2.16. The average molecular weight is 274 g/mol. The van der Waals surface area contributed by atoms with Crippen LogP contribution in [0.25, 0.3) is 0 Å². The number of nitrogens with zero attached hydrogens (tertiary/aromatic N) is 2. The Labute approximate surface area is 98.1 Å². The second kappa shape index (κ2) is 4.99. The van der Waals surface area contributed by atoms with Crippen molar-refractivity contribution in [1.82, 2.24) is 15.1 Å². The molecule has 1 aliphatic heterocycles. The number of hydrogen-bond acceptors (Lipinski definition) is 3. The largest absolute Gasteiger partial charge is 0.492 e. The minimum atomic E-state index is 0.729. The van der Waals surface area contributed by atoms with E-state index in [2.05, 4.69) is 26.3 Å². The number of halogens is 1. The van der Waals surface area contributed by atoms with Crippen LogP contribution < -0.4 is 10.1 Å². The second-order valence-corrected chi connectivity index (χ2v) is 4.63. The Hall–Kier alpha value is -0.550. The lowest BCUT2D eigenvalue weighted by Gasteiger charge is -2.22. The zero-order valence-electron chi connectivity index (χ0n) is 8.87. The van der Waals surface area contributed by atoms with E-state index >= 15 is 0 Å². The molecular weight excluding hydrogens is 258 g/mol. The highest BCUT2D eigenvalue weighted by Crippen LogP contribution is 2.25. The standard InChI is InChI=1S/C10H16BrN3O/c1-15-9-6-13-14(10(9)11)7-8-2-4-12-5-3-8/h6,8,12H,2-5,7H2,1H3. The maximum absolute atomic E-state index is 5.17. The normalized spacial score (nSPS) is 18.0. The summed E-state index contributed by atoms with van der Waals surface area (Å²) in [6, 6.07) is 0. The van der Waals surface area contributed by atoms with Crippen LogP contribution in [0.1, 0.15) is 12.8 Å². The van der Waals surface area contributed by atoms with Crippen LogP contribution in [-0.2, 0) is 6.54 Å². The van der Waals surface area contributed by atoms with E-state index in [1.54, 1.807) is 13.3 Å². The van der Waals surface area contributed by atoms with Gasteiger partial charge in [0.05, 0.1) is 13.3 Å². The zero-order valence-corrected chi connectivity index (χ0v) is 10.5. The van der Waals surface area contributed by atoms with Gasteiger partial charge < -0.3 is 10.1 Å². The molecule has 5 heteroatoms. The molecule has 1 N–H and O–H groups in total. The monoisotopic (exact) mass is 273 g/mol. The predicted octanol–water partition coefficient (Wildman–Crippen LogP) is 1.65. The molecule has 4 nitrogen and oxygen atoms in total. The summed E-state index contributed by atoms with van der Waals surface area (Å²) in [5, 5.41) is 7.67. The number of piperidine rings is 1. The first kappa shape index (κ1) is 11.0. The molecular formula is C10H16BrN3O. The highest BCUT2D eigenvalue weighted by atomic mass is 79.9. The molecule has 0 aromatic carbocycles. The lowest BCUT2D eigenvalue weighted by Crippen LogP contribution is -2.30. The molecule has 2 rings (SSSR count). The third-order valence-corrected chi connectivity index (χ3v) is 3.65. The maximum atomic E-state index is 5.17. The van der Waals surface area contributed by atoms with Crippen molar-refractivity contribution in [2.75, 3.05) is 20.2 Å². The van der Waals surface area contributed by atoms with Crippen LogP contribution in [0.15, 0.2) is 10.8 Å². The highest BCUT2D eigenvalue weighted by molar-refractivity contribution is 9.10. The lowest BCUT2D eigenvalue weighted by molar-refractivity contribution is 0.317. The number of ether oxygens (including phenoxy) is 1. The maximum Gasteiger partial charge on any atom is 0.171 e. The fourth-order valence-corrected chi connectivity index (χ4v) is 2.43. The minimum absolute atomic E-state index is 0.729. The topological polar surface area (TPSA) is 39.1 Å². The number of aromatic nitrogens is 2. The Balaban J connectivity index is 2.00. The SMILES string of the molecule is COc1cnn(CC2CCNCC2)c1Br. The van der Waals surface area contributed by atoms with Crippen molar-refractivity contribution in [1.29, 1.82) is 0 Å². The first-order valence-corrected chi connectivity index (χ1v) is 6.06. The van der Waals surface area contributed by atoms with Crippen LogP contribution in [0, 0.1) is 5.92 Å². The molecule has 1 aliphatic rings. The van der Waals surface area contributed by atoms with E-state index in [0.29, 0.717) is 0 Å². The van der Waals surface area contributed by atoms with E-state index in [4.69, 9.17) is 4.74 Å². The van der Waals surface area contributed by atoms with Crippen LogP contribution >= 0.6 is 15.9 Å². The molecule has 1 saturated heterocycles. The molecule has 84 valence electrons. The minimum Gasteiger partial charge on any atom is -0.492 e. The third-order valence-electron chi connectivity index (χ3n) is 2.85. The summed E-state index contributed by atoms with van der Waals surface area (Å²) in [5.41, 5.74) is 0. The van der Waals surface area contributed by atoms with Gasteiger partial charge in [0.2, 0.25) is 0 Å². The van der Waals surface area contributed by atoms with Gasteiger partial charge in [-0.25, -0.2) is 0 Å². The molecule has 0 spiro atoms. The van der Waals surface area contributed by atoms with Crippen molar-refractivity contribution < 1.29 is 4.74 Å².